The smallest absolute Gasteiger partial charge is 0.325 e. The first kappa shape index (κ1) is 29.1. The quantitative estimate of drug-likeness (QED) is 0.120. The molecule has 0 aliphatic carbocycles. The van der Waals surface area contributed by atoms with E-state index in [1.807, 2.05) is 0 Å². The Labute approximate surface area is 224 Å². The molecule has 0 spiro atoms. The van der Waals surface area contributed by atoms with E-state index in [9.17, 15) is 9.59 Å². The summed E-state index contributed by atoms with van der Waals surface area (Å²) in [5, 5.41) is 6.50. The second kappa shape index (κ2) is 15.0. The van der Waals surface area contributed by atoms with E-state index in [1.165, 1.54) is 15.9 Å². The van der Waals surface area contributed by atoms with Gasteiger partial charge in [0.2, 0.25) is 5.91 Å². The number of carbonyl (C=O) groups is 2. The zero-order chi connectivity index (χ0) is 24.2. The molecule has 0 bridgehead atoms. The van der Waals surface area contributed by atoms with Gasteiger partial charge in [-0.2, -0.15) is 12.6 Å². The van der Waals surface area contributed by atoms with E-state index >= 15 is 0 Å². The molecule has 8 heteroatoms. The number of carbonyl (C=O) groups excluding carboxylic acids is 2. The normalized spacial score (nSPS) is 11.7. The predicted molar refractivity (Wildman–Crippen MR) is 145 cm³/mol. The number of hydrogen-bond donors (Lipinski definition) is 3. The first-order valence-electron chi connectivity index (χ1n) is 11.4. The molecule has 186 valence electrons. The van der Waals surface area contributed by atoms with Gasteiger partial charge in [-0.1, -0.05) is 54.6 Å². The Kier molecular flexibility index (Phi) is 12.5. The van der Waals surface area contributed by atoms with Crippen molar-refractivity contribution in [3.8, 4) is 0 Å². The molecule has 0 saturated heterocycles. The number of hydrogen-bond acceptors (Lipinski definition) is 5. The van der Waals surface area contributed by atoms with Crippen molar-refractivity contribution in [2.24, 2.45) is 5.73 Å². The molecule has 1 atom stereocenters. The summed E-state index contributed by atoms with van der Waals surface area (Å²) in [6.45, 7) is 0.126. The van der Waals surface area contributed by atoms with Crippen LogP contribution < -0.4 is 43.9 Å². The number of esters is 1. The van der Waals surface area contributed by atoms with Crippen LogP contribution in [0, 0.1) is 0 Å². The van der Waals surface area contributed by atoms with Crippen LogP contribution in [0.5, 0.6) is 0 Å². The Balaban J connectivity index is 0.00000432. The lowest BCUT2D eigenvalue weighted by Gasteiger charge is -2.27. The molecule has 0 aromatic heterocycles. The van der Waals surface area contributed by atoms with Gasteiger partial charge in [-0.15, -0.1) is 0 Å². The summed E-state index contributed by atoms with van der Waals surface area (Å²) in [7, 11) is -1.88. The number of nitrogens with two attached hydrogens (primary N) is 1. The molecular formula is C27H32BrN2O3PS. The van der Waals surface area contributed by atoms with Gasteiger partial charge in [0.1, 0.15) is 29.7 Å². The number of benzene rings is 3. The van der Waals surface area contributed by atoms with Crippen LogP contribution in [-0.2, 0) is 14.3 Å². The van der Waals surface area contributed by atoms with Gasteiger partial charge in [0, 0.05) is 5.75 Å². The minimum Gasteiger partial charge on any atom is -1.00 e. The minimum atomic E-state index is -1.88. The van der Waals surface area contributed by atoms with Crippen molar-refractivity contribution in [3.63, 3.8) is 0 Å². The number of rotatable bonds is 12. The van der Waals surface area contributed by atoms with Crippen molar-refractivity contribution in [2.45, 2.75) is 18.9 Å². The molecule has 3 aromatic rings. The molecule has 3 N–H and O–H groups in total. The van der Waals surface area contributed by atoms with Crippen LogP contribution in [0.4, 0.5) is 0 Å². The van der Waals surface area contributed by atoms with E-state index in [2.05, 4.69) is 109 Å². The summed E-state index contributed by atoms with van der Waals surface area (Å²) in [6.07, 6.45) is 2.61. The molecule has 35 heavy (non-hydrogen) atoms. The molecular weight excluding hydrogens is 543 g/mol. The number of amides is 1. The van der Waals surface area contributed by atoms with Crippen molar-refractivity contribution < 1.29 is 31.3 Å². The fourth-order valence-corrected chi connectivity index (χ4v) is 8.52. The van der Waals surface area contributed by atoms with Gasteiger partial charge in [0.05, 0.1) is 18.8 Å². The Bertz CT molecular complexity index is 945. The fraction of sp³-hybridized carbons (Fsp3) is 0.259. The van der Waals surface area contributed by atoms with Crippen LogP contribution in [0.25, 0.3) is 0 Å². The molecule has 0 radical (unpaired) electrons. The predicted octanol–water partition coefficient (Wildman–Crippen LogP) is -0.319. The van der Waals surface area contributed by atoms with E-state index in [-0.39, 0.29) is 29.3 Å². The maximum absolute atomic E-state index is 12.0. The molecule has 1 amide bonds. The summed E-state index contributed by atoms with van der Waals surface area (Å²) in [5.41, 5.74) is 5.59. The Morgan fingerprint density at radius 3 is 1.71 bits per heavy atom. The Morgan fingerprint density at radius 2 is 1.29 bits per heavy atom. The first-order chi connectivity index (χ1) is 16.6. The number of nitrogens with one attached hydrogen (secondary N) is 1. The molecule has 3 rings (SSSR count). The Hall–Kier alpha value is -2.18. The summed E-state index contributed by atoms with van der Waals surface area (Å²) in [5.74, 6) is -0.652. The van der Waals surface area contributed by atoms with E-state index in [4.69, 9.17) is 10.5 Å². The second-order valence-corrected chi connectivity index (χ2v) is 12.0. The molecule has 0 fully saturated rings. The van der Waals surface area contributed by atoms with Gasteiger partial charge in [-0.05, 0) is 49.2 Å². The fourth-order valence-electron chi connectivity index (χ4n) is 3.94. The molecule has 0 unspecified atom stereocenters. The van der Waals surface area contributed by atoms with Gasteiger partial charge in [-0.3, -0.25) is 9.59 Å². The van der Waals surface area contributed by atoms with Crippen molar-refractivity contribution >= 4 is 47.7 Å². The zero-order valence-electron chi connectivity index (χ0n) is 19.6. The third-order valence-electron chi connectivity index (χ3n) is 5.68. The van der Waals surface area contributed by atoms with Crippen molar-refractivity contribution in [1.82, 2.24) is 5.32 Å². The number of halogens is 1. The van der Waals surface area contributed by atoms with E-state index in [1.54, 1.807) is 0 Å². The zero-order valence-corrected chi connectivity index (χ0v) is 22.9. The van der Waals surface area contributed by atoms with Gasteiger partial charge in [0.25, 0.3) is 0 Å². The lowest BCUT2D eigenvalue weighted by Crippen LogP contribution is -3.00. The number of ether oxygens (including phenoxy) is 1. The van der Waals surface area contributed by atoms with E-state index < -0.39 is 25.2 Å². The van der Waals surface area contributed by atoms with Crippen LogP contribution in [0.1, 0.15) is 12.8 Å². The van der Waals surface area contributed by atoms with Crippen molar-refractivity contribution in [3.05, 3.63) is 91.0 Å². The van der Waals surface area contributed by atoms with Crippen LogP contribution >= 0.6 is 19.9 Å². The Morgan fingerprint density at radius 1 is 0.829 bits per heavy atom. The lowest BCUT2D eigenvalue weighted by molar-refractivity contribution is -0.144. The van der Waals surface area contributed by atoms with E-state index in [0.29, 0.717) is 6.61 Å². The van der Waals surface area contributed by atoms with Crippen LogP contribution in [0.2, 0.25) is 0 Å². The highest BCUT2D eigenvalue weighted by atomic mass is 79.9. The maximum Gasteiger partial charge on any atom is 0.325 e. The van der Waals surface area contributed by atoms with Gasteiger partial charge in [0.15, 0.2) is 0 Å². The minimum absolute atomic E-state index is 0. The second-order valence-electron chi connectivity index (χ2n) is 7.97. The van der Waals surface area contributed by atoms with Gasteiger partial charge in [-0.25, -0.2) is 0 Å². The molecule has 0 heterocycles. The monoisotopic (exact) mass is 574 g/mol. The highest BCUT2D eigenvalue weighted by molar-refractivity contribution is 7.95. The SMILES string of the molecule is N[C@@H](CS)C(=O)NCC(=O)OCCCC[P+](c1ccccc1)(c1ccccc1)c1ccccc1.[Br-]. The summed E-state index contributed by atoms with van der Waals surface area (Å²) in [6, 6.07) is 31.4. The molecule has 0 saturated carbocycles. The highest BCUT2D eigenvalue weighted by Gasteiger charge is 2.44. The van der Waals surface area contributed by atoms with Gasteiger partial charge < -0.3 is 32.8 Å². The number of unbranched alkanes of at least 4 members (excludes halogenated alkanes) is 1. The lowest BCUT2D eigenvalue weighted by atomic mass is 10.3. The largest absolute Gasteiger partial charge is 1.00 e. The third kappa shape index (κ3) is 7.91. The van der Waals surface area contributed by atoms with Crippen LogP contribution in [0.15, 0.2) is 91.0 Å². The summed E-state index contributed by atoms with van der Waals surface area (Å²) < 4.78 is 5.34. The van der Waals surface area contributed by atoms with Crippen LogP contribution in [-0.4, -0.2) is 43.0 Å². The summed E-state index contributed by atoms with van der Waals surface area (Å²) >= 11 is 3.98. The highest BCUT2D eigenvalue weighted by Crippen LogP contribution is 2.55. The number of thiol groups is 1. The molecule has 3 aromatic carbocycles. The third-order valence-corrected chi connectivity index (χ3v) is 10.6. The molecule has 0 aliphatic heterocycles. The topological polar surface area (TPSA) is 81.4 Å². The summed E-state index contributed by atoms with van der Waals surface area (Å²) in [4.78, 5) is 23.7. The van der Waals surface area contributed by atoms with Crippen molar-refractivity contribution in [1.29, 1.82) is 0 Å². The van der Waals surface area contributed by atoms with Gasteiger partial charge >= 0.3 is 5.97 Å². The first-order valence-corrected chi connectivity index (χ1v) is 14.0. The maximum atomic E-state index is 12.0. The van der Waals surface area contributed by atoms with Crippen LogP contribution in [0.3, 0.4) is 0 Å². The van der Waals surface area contributed by atoms with E-state index in [0.717, 1.165) is 19.0 Å². The molecule has 0 aliphatic rings. The standard InChI is InChI=1S/C27H31N2O3PS.BrH/c28-25(21-34)27(31)29-20-26(30)32-18-10-11-19-33(22-12-4-1-5-13-22,23-14-6-2-7-15-23)24-16-8-3-9-17-24;/h1-9,12-17,25H,10-11,18-21,28H2,(H-,29,31,34);1H/t25-;/m0./s1. The average molecular weight is 576 g/mol. The van der Waals surface area contributed by atoms with Crippen molar-refractivity contribution in [2.75, 3.05) is 25.1 Å². The molecule has 5 nitrogen and oxygen atoms in total. The average Bonchev–Trinajstić information content (AvgIpc) is 2.90.